The van der Waals surface area contributed by atoms with Crippen molar-refractivity contribution in [2.24, 2.45) is 0 Å². The topological polar surface area (TPSA) is 24.9 Å². The highest BCUT2D eigenvalue weighted by atomic mass is 35.5. The van der Waals surface area contributed by atoms with Gasteiger partial charge in [-0.2, -0.15) is 0 Å². The highest BCUT2D eigenvalue weighted by Crippen LogP contribution is 2.32. The number of fused-ring (bicyclic) bond motifs is 1. The summed E-state index contributed by atoms with van der Waals surface area (Å²) in [5, 5.41) is 5.59. The molecule has 0 fully saturated rings. The van der Waals surface area contributed by atoms with E-state index in [1.165, 1.54) is 4.70 Å². The molecule has 3 aromatic rings. The molecule has 0 radical (unpaired) electrons. The number of benzene rings is 2. The van der Waals surface area contributed by atoms with Gasteiger partial charge in [-0.1, -0.05) is 47.5 Å². The van der Waals surface area contributed by atoms with Crippen LogP contribution in [0.3, 0.4) is 0 Å². The van der Waals surface area contributed by atoms with Gasteiger partial charge in [0.2, 0.25) is 0 Å². The molecule has 2 nitrogen and oxygen atoms in total. The fourth-order valence-corrected chi connectivity index (χ4v) is 3.79. The van der Waals surface area contributed by atoms with Crippen LogP contribution in [0.15, 0.2) is 42.5 Å². The third-order valence-electron chi connectivity index (χ3n) is 3.42. The standard InChI is InChI=1S/C16H14Cl2N2S/c1-19-13(10-5-4-6-11(17)16(10)18)9-15-20-12-7-2-3-8-14(12)21-15/h2-8,13,19H,9H2,1H3. The predicted octanol–water partition coefficient (Wildman–Crippen LogP) is 5.11. The SMILES string of the molecule is CNC(Cc1nc2ccccc2s1)c1cccc(Cl)c1Cl. The highest BCUT2D eigenvalue weighted by Gasteiger charge is 2.17. The molecule has 5 heteroatoms. The molecular formula is C16H14Cl2N2S. The van der Waals surface area contributed by atoms with Crippen LogP contribution in [0.5, 0.6) is 0 Å². The lowest BCUT2D eigenvalue weighted by molar-refractivity contribution is 0.591. The molecule has 0 amide bonds. The van der Waals surface area contributed by atoms with E-state index in [9.17, 15) is 0 Å². The van der Waals surface area contributed by atoms with Crippen LogP contribution in [0.2, 0.25) is 10.0 Å². The number of thiazole rings is 1. The maximum Gasteiger partial charge on any atom is 0.0957 e. The second-order valence-electron chi connectivity index (χ2n) is 4.76. The van der Waals surface area contributed by atoms with Gasteiger partial charge in [0.05, 0.1) is 25.3 Å². The smallest absolute Gasteiger partial charge is 0.0957 e. The Labute approximate surface area is 137 Å². The molecule has 1 unspecified atom stereocenters. The van der Waals surface area contributed by atoms with Gasteiger partial charge in [0.15, 0.2) is 0 Å². The van der Waals surface area contributed by atoms with E-state index in [1.54, 1.807) is 17.4 Å². The van der Waals surface area contributed by atoms with E-state index in [0.717, 1.165) is 22.5 Å². The fourth-order valence-electron chi connectivity index (χ4n) is 2.34. The lowest BCUT2D eigenvalue weighted by atomic mass is 10.0. The van der Waals surface area contributed by atoms with Crippen LogP contribution < -0.4 is 5.32 Å². The number of nitrogens with one attached hydrogen (secondary N) is 1. The zero-order valence-electron chi connectivity index (χ0n) is 11.4. The van der Waals surface area contributed by atoms with Gasteiger partial charge in [-0.25, -0.2) is 4.98 Å². The molecule has 0 aliphatic carbocycles. The molecular weight excluding hydrogens is 323 g/mol. The summed E-state index contributed by atoms with van der Waals surface area (Å²) in [5.41, 5.74) is 2.05. The zero-order valence-corrected chi connectivity index (χ0v) is 13.8. The monoisotopic (exact) mass is 336 g/mol. The van der Waals surface area contributed by atoms with Gasteiger partial charge in [0.1, 0.15) is 0 Å². The Kier molecular flexibility index (Phi) is 4.45. The van der Waals surface area contributed by atoms with Crippen LogP contribution in [0.4, 0.5) is 0 Å². The first-order chi connectivity index (χ1) is 10.2. The van der Waals surface area contributed by atoms with Crippen LogP contribution in [0.1, 0.15) is 16.6 Å². The maximum atomic E-state index is 6.32. The molecule has 1 heterocycles. The Balaban J connectivity index is 1.92. The Morgan fingerprint density at radius 1 is 1.14 bits per heavy atom. The van der Waals surface area contributed by atoms with Crippen molar-refractivity contribution in [3.63, 3.8) is 0 Å². The van der Waals surface area contributed by atoms with Crippen molar-refractivity contribution in [2.75, 3.05) is 7.05 Å². The first kappa shape index (κ1) is 14.8. The van der Waals surface area contributed by atoms with E-state index < -0.39 is 0 Å². The largest absolute Gasteiger partial charge is 0.313 e. The number of rotatable bonds is 4. The molecule has 0 aliphatic rings. The molecule has 2 aromatic carbocycles. The molecule has 0 saturated carbocycles. The zero-order chi connectivity index (χ0) is 14.8. The maximum absolute atomic E-state index is 6.32. The van der Waals surface area contributed by atoms with Crippen LogP contribution >= 0.6 is 34.5 Å². The number of hydrogen-bond donors (Lipinski definition) is 1. The van der Waals surface area contributed by atoms with E-state index >= 15 is 0 Å². The molecule has 0 bridgehead atoms. The minimum absolute atomic E-state index is 0.0942. The number of hydrogen-bond acceptors (Lipinski definition) is 3. The molecule has 1 aromatic heterocycles. The van der Waals surface area contributed by atoms with Crippen LogP contribution in [-0.2, 0) is 6.42 Å². The van der Waals surface area contributed by atoms with Crippen LogP contribution in [-0.4, -0.2) is 12.0 Å². The van der Waals surface area contributed by atoms with Gasteiger partial charge in [-0.15, -0.1) is 11.3 Å². The number of likely N-dealkylation sites (N-methyl/N-ethyl adjacent to an activating group) is 1. The second kappa shape index (κ2) is 6.32. The highest BCUT2D eigenvalue weighted by molar-refractivity contribution is 7.18. The van der Waals surface area contributed by atoms with Gasteiger partial charge in [0, 0.05) is 12.5 Å². The third kappa shape index (κ3) is 3.06. The average molecular weight is 337 g/mol. The Bertz CT molecular complexity index is 737. The number of aromatic nitrogens is 1. The summed E-state index contributed by atoms with van der Waals surface area (Å²) < 4.78 is 1.21. The molecule has 21 heavy (non-hydrogen) atoms. The van der Waals surface area contributed by atoms with Gasteiger partial charge in [-0.3, -0.25) is 0 Å². The van der Waals surface area contributed by atoms with Gasteiger partial charge < -0.3 is 5.32 Å². The number of nitrogens with zero attached hydrogens (tertiary/aromatic N) is 1. The Hall–Kier alpha value is -1.13. The van der Waals surface area contributed by atoms with Gasteiger partial charge in [0.25, 0.3) is 0 Å². The van der Waals surface area contributed by atoms with Crippen molar-refractivity contribution < 1.29 is 0 Å². The minimum Gasteiger partial charge on any atom is -0.313 e. The Morgan fingerprint density at radius 2 is 1.95 bits per heavy atom. The molecule has 0 aliphatic heterocycles. The quantitative estimate of drug-likeness (QED) is 0.716. The van der Waals surface area contributed by atoms with E-state index in [-0.39, 0.29) is 6.04 Å². The van der Waals surface area contributed by atoms with Crippen molar-refractivity contribution in [3.05, 3.63) is 63.1 Å². The lowest BCUT2D eigenvalue weighted by Crippen LogP contribution is -2.19. The van der Waals surface area contributed by atoms with Crippen molar-refractivity contribution in [3.8, 4) is 0 Å². The van der Waals surface area contributed by atoms with E-state index in [1.807, 2.05) is 37.4 Å². The normalized spacial score (nSPS) is 12.7. The average Bonchev–Trinajstić information content (AvgIpc) is 2.90. The van der Waals surface area contributed by atoms with E-state index in [4.69, 9.17) is 23.2 Å². The summed E-state index contributed by atoms with van der Waals surface area (Å²) in [7, 11) is 1.93. The van der Waals surface area contributed by atoms with Crippen LogP contribution in [0.25, 0.3) is 10.2 Å². The summed E-state index contributed by atoms with van der Waals surface area (Å²) >= 11 is 14.2. The summed E-state index contributed by atoms with van der Waals surface area (Å²) in [4.78, 5) is 4.68. The molecule has 1 atom stereocenters. The number of halogens is 2. The second-order valence-corrected chi connectivity index (χ2v) is 6.66. The van der Waals surface area contributed by atoms with Gasteiger partial charge in [-0.05, 0) is 30.8 Å². The number of para-hydroxylation sites is 1. The predicted molar refractivity (Wildman–Crippen MR) is 91.6 cm³/mol. The molecule has 3 rings (SSSR count). The van der Waals surface area contributed by atoms with Crippen LogP contribution in [0, 0.1) is 0 Å². The first-order valence-electron chi connectivity index (χ1n) is 6.64. The van der Waals surface area contributed by atoms with Crippen molar-refractivity contribution in [1.29, 1.82) is 0 Å². The first-order valence-corrected chi connectivity index (χ1v) is 8.22. The lowest BCUT2D eigenvalue weighted by Gasteiger charge is -2.17. The van der Waals surface area contributed by atoms with Crippen molar-refractivity contribution in [1.82, 2.24) is 10.3 Å². The third-order valence-corrected chi connectivity index (χ3v) is 5.31. The fraction of sp³-hybridized carbons (Fsp3) is 0.188. The molecule has 1 N–H and O–H groups in total. The summed E-state index contributed by atoms with van der Waals surface area (Å²) in [6.45, 7) is 0. The minimum atomic E-state index is 0.0942. The summed E-state index contributed by atoms with van der Waals surface area (Å²) in [6.07, 6.45) is 0.788. The van der Waals surface area contributed by atoms with Crippen molar-refractivity contribution in [2.45, 2.75) is 12.5 Å². The molecule has 0 spiro atoms. The Morgan fingerprint density at radius 3 is 2.71 bits per heavy atom. The molecule has 108 valence electrons. The summed E-state index contributed by atoms with van der Waals surface area (Å²) in [6, 6.07) is 14.0. The van der Waals surface area contributed by atoms with E-state index in [2.05, 4.69) is 16.4 Å². The summed E-state index contributed by atoms with van der Waals surface area (Å²) in [5.74, 6) is 0. The van der Waals surface area contributed by atoms with Crippen molar-refractivity contribution >= 4 is 44.8 Å². The van der Waals surface area contributed by atoms with Gasteiger partial charge >= 0.3 is 0 Å². The molecule has 0 saturated heterocycles. The van der Waals surface area contributed by atoms with E-state index in [0.29, 0.717) is 10.0 Å².